The summed E-state index contributed by atoms with van der Waals surface area (Å²) in [6.45, 7) is 0.0180. The lowest BCUT2D eigenvalue weighted by atomic mass is 9.59. The van der Waals surface area contributed by atoms with Crippen molar-refractivity contribution in [3.8, 4) is 0 Å². The Morgan fingerprint density at radius 3 is 2.44 bits per heavy atom. The van der Waals surface area contributed by atoms with E-state index < -0.39 is 41.2 Å². The lowest BCUT2D eigenvalue weighted by Gasteiger charge is -2.56. The molecule has 4 N–H and O–H groups in total. The number of aliphatic hydroxyl groups is 1. The molecule has 1 heterocycles. The average molecular weight is 510 g/mol. The molecule has 1 aliphatic heterocycles. The smallest absolute Gasteiger partial charge is 0.253 e. The molecule has 34 heavy (non-hydrogen) atoms. The van der Waals surface area contributed by atoms with Crippen LogP contribution in [0.3, 0.4) is 0 Å². The molecular formula is C23H35ClF3N3O4. The van der Waals surface area contributed by atoms with E-state index in [0.717, 1.165) is 0 Å². The number of piperidine rings is 1. The first-order valence-corrected chi connectivity index (χ1v) is 12.8. The fraction of sp³-hybridized carbons (Fsp3) is 0.913. The zero-order chi connectivity index (χ0) is 24.5. The van der Waals surface area contributed by atoms with Crippen molar-refractivity contribution in [2.24, 2.45) is 5.92 Å². The Bertz CT molecular complexity index is 745. The van der Waals surface area contributed by atoms with Crippen LogP contribution in [0.1, 0.15) is 64.2 Å². The van der Waals surface area contributed by atoms with Crippen molar-refractivity contribution in [1.82, 2.24) is 16.0 Å². The van der Waals surface area contributed by atoms with Crippen molar-refractivity contribution in [3.63, 3.8) is 0 Å². The van der Waals surface area contributed by atoms with Crippen LogP contribution in [0.15, 0.2) is 0 Å². The maximum absolute atomic E-state index is 13.8. The number of hydrogen-bond donors (Lipinski definition) is 4. The molecule has 11 heteroatoms. The number of amides is 2. The van der Waals surface area contributed by atoms with Gasteiger partial charge in [-0.2, -0.15) is 0 Å². The van der Waals surface area contributed by atoms with E-state index in [0.29, 0.717) is 51.4 Å². The van der Waals surface area contributed by atoms with E-state index in [9.17, 15) is 27.9 Å². The summed E-state index contributed by atoms with van der Waals surface area (Å²) in [5.74, 6) is -0.885. The van der Waals surface area contributed by atoms with Gasteiger partial charge >= 0.3 is 0 Å². The fourth-order valence-corrected chi connectivity index (χ4v) is 6.27. The normalized spacial score (nSPS) is 42.4. The summed E-state index contributed by atoms with van der Waals surface area (Å²) < 4.78 is 45.1. The highest BCUT2D eigenvalue weighted by Gasteiger charge is 2.55. The van der Waals surface area contributed by atoms with E-state index in [1.807, 2.05) is 0 Å². The van der Waals surface area contributed by atoms with E-state index in [-0.39, 0.29) is 49.8 Å². The molecule has 5 aliphatic rings. The van der Waals surface area contributed by atoms with E-state index in [4.69, 9.17) is 16.3 Å². The van der Waals surface area contributed by atoms with Gasteiger partial charge in [-0.25, -0.2) is 13.2 Å². The molecule has 2 amide bonds. The number of rotatable bonds is 7. The third-order valence-corrected chi connectivity index (χ3v) is 8.81. The molecule has 1 saturated heterocycles. The first-order valence-electron chi connectivity index (χ1n) is 12.3. The molecule has 7 nitrogen and oxygen atoms in total. The first kappa shape index (κ1) is 26.0. The summed E-state index contributed by atoms with van der Waals surface area (Å²) in [4.78, 5) is 25.4. The van der Waals surface area contributed by atoms with Crippen molar-refractivity contribution >= 4 is 23.4 Å². The molecule has 6 atom stereocenters. The molecule has 194 valence electrons. The molecular weight excluding hydrogens is 475 g/mol. The summed E-state index contributed by atoms with van der Waals surface area (Å²) in [5, 5.41) is 19.2. The third kappa shape index (κ3) is 5.65. The predicted octanol–water partition coefficient (Wildman–Crippen LogP) is 2.18. The Kier molecular flexibility index (Phi) is 8.01. The molecule has 0 aromatic carbocycles. The zero-order valence-corrected chi connectivity index (χ0v) is 20.0. The Morgan fingerprint density at radius 2 is 1.85 bits per heavy atom. The van der Waals surface area contributed by atoms with Crippen LogP contribution in [-0.4, -0.2) is 77.4 Å². The standard InChI is InChI=1S/C23H35ClF3N3O4/c24-15-3-2-14(9-16(15)25)34-12-19(32)29-23-7-5-22(6-8-23,10-18(23)31)30-21(33)13-1-4-17(20(26)27)28-11-13/h13-18,20,28,31H,1-12H2,(H,29,32)(H,30,33)/t13?,14?,15?,16?,17?,18-,22?,23?/m0/s1. The summed E-state index contributed by atoms with van der Waals surface area (Å²) in [6, 6.07) is -0.865. The van der Waals surface area contributed by atoms with Crippen molar-refractivity contribution in [2.75, 3.05) is 13.2 Å². The Labute approximate surface area is 202 Å². The second-order valence-corrected chi connectivity index (χ2v) is 11.2. The first-order chi connectivity index (χ1) is 16.1. The second kappa shape index (κ2) is 10.5. The minimum absolute atomic E-state index is 0.169. The molecule has 0 aromatic heterocycles. The molecule has 4 saturated carbocycles. The van der Waals surface area contributed by atoms with Gasteiger partial charge in [0.1, 0.15) is 12.8 Å². The average Bonchev–Trinajstić information content (AvgIpc) is 2.81. The lowest BCUT2D eigenvalue weighted by molar-refractivity contribution is -0.141. The monoisotopic (exact) mass is 509 g/mol. The molecule has 0 spiro atoms. The minimum Gasteiger partial charge on any atom is -0.391 e. The van der Waals surface area contributed by atoms with Crippen LogP contribution in [0.2, 0.25) is 0 Å². The van der Waals surface area contributed by atoms with Crippen LogP contribution in [0.4, 0.5) is 13.2 Å². The third-order valence-electron chi connectivity index (χ3n) is 8.32. The maximum Gasteiger partial charge on any atom is 0.253 e. The van der Waals surface area contributed by atoms with Gasteiger partial charge in [0.2, 0.25) is 11.8 Å². The second-order valence-electron chi connectivity index (χ2n) is 10.6. The Morgan fingerprint density at radius 1 is 1.12 bits per heavy atom. The van der Waals surface area contributed by atoms with E-state index >= 15 is 0 Å². The van der Waals surface area contributed by atoms with Gasteiger partial charge in [0.25, 0.3) is 6.43 Å². The zero-order valence-electron chi connectivity index (χ0n) is 19.2. The maximum atomic E-state index is 13.8. The number of carbonyl (C=O) groups is 2. The van der Waals surface area contributed by atoms with Crippen LogP contribution in [-0.2, 0) is 14.3 Å². The highest BCUT2D eigenvalue weighted by atomic mass is 35.5. The summed E-state index contributed by atoms with van der Waals surface area (Å²) in [6.07, 6.45) is -0.224. The van der Waals surface area contributed by atoms with E-state index in [2.05, 4.69) is 16.0 Å². The highest BCUT2D eigenvalue weighted by molar-refractivity contribution is 6.21. The van der Waals surface area contributed by atoms with Gasteiger partial charge in [-0.3, -0.25) is 9.59 Å². The van der Waals surface area contributed by atoms with Gasteiger partial charge in [-0.05, 0) is 57.8 Å². The van der Waals surface area contributed by atoms with Gasteiger partial charge in [0.05, 0.1) is 35.1 Å². The lowest BCUT2D eigenvalue weighted by Crippen LogP contribution is -2.70. The summed E-state index contributed by atoms with van der Waals surface area (Å²) in [5.41, 5.74) is -1.31. The molecule has 4 aliphatic carbocycles. The van der Waals surface area contributed by atoms with Gasteiger partial charge < -0.3 is 25.8 Å². The molecule has 0 radical (unpaired) electrons. The van der Waals surface area contributed by atoms with Crippen LogP contribution in [0.25, 0.3) is 0 Å². The van der Waals surface area contributed by atoms with Crippen molar-refractivity contribution in [3.05, 3.63) is 0 Å². The largest absolute Gasteiger partial charge is 0.391 e. The fourth-order valence-electron chi connectivity index (χ4n) is 6.04. The number of ether oxygens (including phenoxy) is 1. The van der Waals surface area contributed by atoms with Gasteiger partial charge in [-0.1, -0.05) is 0 Å². The van der Waals surface area contributed by atoms with Crippen molar-refractivity contribution in [2.45, 2.75) is 112 Å². The van der Waals surface area contributed by atoms with Gasteiger partial charge in [0, 0.05) is 18.5 Å². The van der Waals surface area contributed by atoms with Crippen molar-refractivity contribution < 1.29 is 32.6 Å². The van der Waals surface area contributed by atoms with E-state index in [1.165, 1.54) is 0 Å². The van der Waals surface area contributed by atoms with Crippen molar-refractivity contribution in [1.29, 1.82) is 0 Å². The van der Waals surface area contributed by atoms with Gasteiger partial charge in [-0.15, -0.1) is 11.6 Å². The van der Waals surface area contributed by atoms with Crippen LogP contribution < -0.4 is 16.0 Å². The number of halogens is 4. The molecule has 5 fully saturated rings. The van der Waals surface area contributed by atoms with E-state index in [1.54, 1.807) is 0 Å². The topological polar surface area (TPSA) is 99.7 Å². The summed E-state index contributed by atoms with van der Waals surface area (Å²) in [7, 11) is 0. The Hall–Kier alpha value is -1.10. The van der Waals surface area contributed by atoms with Crippen LogP contribution in [0, 0.1) is 5.92 Å². The number of hydrogen-bond acceptors (Lipinski definition) is 5. The number of alkyl halides is 4. The van der Waals surface area contributed by atoms with Gasteiger partial charge in [0.15, 0.2) is 0 Å². The number of carbonyl (C=O) groups excluding carboxylic acids is 2. The molecule has 2 bridgehead atoms. The predicted molar refractivity (Wildman–Crippen MR) is 119 cm³/mol. The number of nitrogens with one attached hydrogen (secondary N) is 3. The highest BCUT2D eigenvalue weighted by Crippen LogP contribution is 2.47. The minimum atomic E-state index is -2.44. The molecule has 0 aromatic rings. The summed E-state index contributed by atoms with van der Waals surface area (Å²) >= 11 is 5.89. The molecule has 5 rings (SSSR count). The number of fused-ring (bicyclic) bond motifs is 3. The number of aliphatic hydroxyl groups excluding tert-OH is 1. The SMILES string of the molecule is O=C(COC1CCC(Cl)C(F)C1)NC12CCC(NC(=O)C3CCC(C(F)F)NC3)(CC1)C[C@@H]2O. The van der Waals surface area contributed by atoms with Crippen LogP contribution in [0.5, 0.6) is 0 Å². The molecule has 5 unspecified atom stereocenters. The quantitative estimate of drug-likeness (QED) is 0.394. The Balaban J connectivity index is 1.24. The van der Waals surface area contributed by atoms with Crippen LogP contribution >= 0.6 is 11.6 Å².